The van der Waals surface area contributed by atoms with Crippen LogP contribution in [0, 0.1) is 35.5 Å². The second-order valence-electron chi connectivity index (χ2n) is 9.53. The number of hydrogen-bond acceptors (Lipinski definition) is 6. The lowest BCUT2D eigenvalue weighted by atomic mass is 9.96. The summed E-state index contributed by atoms with van der Waals surface area (Å²) < 4.78 is 2.19. The molecule has 190 valence electrons. The molecule has 2 aromatic heterocycles. The highest BCUT2D eigenvalue weighted by Crippen LogP contribution is 2.47. The van der Waals surface area contributed by atoms with Crippen LogP contribution in [0.2, 0.25) is 0 Å². The molecule has 1 fully saturated rings. The van der Waals surface area contributed by atoms with Gasteiger partial charge in [0.05, 0.1) is 28.8 Å². The van der Waals surface area contributed by atoms with Crippen LogP contribution in [0.3, 0.4) is 0 Å². The minimum absolute atomic E-state index is 0.360. The van der Waals surface area contributed by atoms with Crippen LogP contribution in [0.5, 0.6) is 0 Å². The van der Waals surface area contributed by atoms with Gasteiger partial charge in [0.25, 0.3) is 0 Å². The largest absolute Gasteiger partial charge is 0.481 e. The van der Waals surface area contributed by atoms with Crippen molar-refractivity contribution in [1.82, 2.24) is 3.97 Å². The second-order valence-corrected chi connectivity index (χ2v) is 11.5. The zero-order valence-electron chi connectivity index (χ0n) is 21.0. The Bertz CT molecular complexity index is 1820. The van der Waals surface area contributed by atoms with Crippen LogP contribution in [0.15, 0.2) is 83.1 Å². The van der Waals surface area contributed by atoms with Gasteiger partial charge in [-0.25, -0.2) is 0 Å². The van der Waals surface area contributed by atoms with Crippen molar-refractivity contribution in [2.24, 2.45) is 5.92 Å². The maximum Gasteiger partial charge on any atom is 0.310 e. The summed E-state index contributed by atoms with van der Waals surface area (Å²) >= 11 is 2.99. The predicted molar refractivity (Wildman–Crippen MR) is 156 cm³/mol. The van der Waals surface area contributed by atoms with Crippen LogP contribution < -0.4 is 4.90 Å². The second kappa shape index (κ2) is 9.99. The standard InChI is InChI=1S/C31H22N4O2S2/c1-19-5-8-24(9-6-19)39-35-27-10-7-20(15-32)13-26(27)29(25-11-12-38-28(25)16-33)30(35)21-3-2-4-23(14-21)34-17-22(18-34)31(36)37/h2-14,22H,17-18H2,1H3,(H,36,37). The first-order valence-corrected chi connectivity index (χ1v) is 14.0. The molecule has 0 radical (unpaired) electrons. The van der Waals surface area contributed by atoms with Gasteiger partial charge in [-0.3, -0.25) is 8.77 Å². The first kappa shape index (κ1) is 24.8. The average molecular weight is 547 g/mol. The van der Waals surface area contributed by atoms with Gasteiger partial charge in [-0.15, -0.1) is 11.3 Å². The van der Waals surface area contributed by atoms with E-state index in [9.17, 15) is 20.4 Å². The third-order valence-electron chi connectivity index (χ3n) is 7.02. The molecule has 6 nitrogen and oxygen atoms in total. The molecule has 0 aliphatic carbocycles. The molecule has 3 aromatic carbocycles. The minimum Gasteiger partial charge on any atom is -0.481 e. The molecule has 0 saturated carbocycles. The topological polar surface area (TPSA) is 93.0 Å². The summed E-state index contributed by atoms with van der Waals surface area (Å²) in [5, 5.41) is 31.8. The number of carboxylic acids is 1. The average Bonchev–Trinajstić information content (AvgIpc) is 3.50. The van der Waals surface area contributed by atoms with E-state index in [1.807, 2.05) is 47.8 Å². The quantitative estimate of drug-likeness (QED) is 0.243. The van der Waals surface area contributed by atoms with Crippen LogP contribution in [-0.2, 0) is 4.79 Å². The highest BCUT2D eigenvalue weighted by Gasteiger charge is 2.33. The number of nitriles is 2. The Labute approximate surface area is 234 Å². The molecule has 0 amide bonds. The van der Waals surface area contributed by atoms with Gasteiger partial charge < -0.3 is 10.0 Å². The number of thiophene rings is 1. The van der Waals surface area contributed by atoms with Crippen molar-refractivity contribution < 1.29 is 9.90 Å². The van der Waals surface area contributed by atoms with Crippen molar-refractivity contribution >= 4 is 45.8 Å². The fourth-order valence-corrected chi connectivity index (χ4v) is 6.66. The fraction of sp³-hybridized carbons (Fsp3) is 0.129. The Morgan fingerprint density at radius 2 is 1.82 bits per heavy atom. The van der Waals surface area contributed by atoms with Crippen LogP contribution in [0.25, 0.3) is 33.3 Å². The van der Waals surface area contributed by atoms with Gasteiger partial charge in [0.15, 0.2) is 0 Å². The lowest BCUT2D eigenvalue weighted by Gasteiger charge is -2.38. The van der Waals surface area contributed by atoms with Crippen LogP contribution >= 0.6 is 23.3 Å². The Balaban J connectivity index is 1.61. The molecular weight excluding hydrogens is 525 g/mol. The Hall–Kier alpha value is -4.50. The van der Waals surface area contributed by atoms with Crippen molar-refractivity contribution in [2.75, 3.05) is 18.0 Å². The third kappa shape index (κ3) is 4.44. The summed E-state index contributed by atoms with van der Waals surface area (Å²) in [6, 6.07) is 28.7. The Kier molecular flexibility index (Phi) is 6.36. The highest BCUT2D eigenvalue weighted by molar-refractivity contribution is 7.98. The lowest BCUT2D eigenvalue weighted by molar-refractivity contribution is -0.142. The molecule has 5 aromatic rings. The van der Waals surface area contributed by atoms with Gasteiger partial charge in [0.2, 0.25) is 0 Å². The smallest absolute Gasteiger partial charge is 0.310 e. The van der Waals surface area contributed by atoms with Crippen molar-refractivity contribution in [1.29, 1.82) is 10.5 Å². The molecule has 39 heavy (non-hydrogen) atoms. The summed E-state index contributed by atoms with van der Waals surface area (Å²) in [6.45, 7) is 3.01. The van der Waals surface area contributed by atoms with Crippen LogP contribution in [-0.4, -0.2) is 28.1 Å². The van der Waals surface area contributed by atoms with Gasteiger partial charge in [0, 0.05) is 45.7 Å². The fourth-order valence-electron chi connectivity index (χ4n) is 4.95. The van der Waals surface area contributed by atoms with Crippen LogP contribution in [0.4, 0.5) is 5.69 Å². The van der Waals surface area contributed by atoms with E-state index in [0.717, 1.165) is 43.9 Å². The maximum atomic E-state index is 11.4. The van der Waals surface area contributed by atoms with E-state index in [1.54, 1.807) is 11.9 Å². The summed E-state index contributed by atoms with van der Waals surface area (Å²) in [7, 11) is 0. The van der Waals surface area contributed by atoms with E-state index in [4.69, 9.17) is 0 Å². The van der Waals surface area contributed by atoms with E-state index in [2.05, 4.69) is 58.3 Å². The SMILES string of the molecule is Cc1ccc(Sn2c(-c3cccc(N4CC(C(=O)O)C4)c3)c(-c3ccsc3C#N)c3cc(C#N)ccc32)cc1. The number of fused-ring (bicyclic) bond motifs is 1. The zero-order valence-corrected chi connectivity index (χ0v) is 22.6. The lowest BCUT2D eigenvalue weighted by Crippen LogP contribution is -2.50. The third-order valence-corrected chi connectivity index (χ3v) is 8.89. The maximum absolute atomic E-state index is 11.4. The molecule has 1 aliphatic heterocycles. The minimum atomic E-state index is -0.769. The normalized spacial score (nSPS) is 13.2. The summed E-state index contributed by atoms with van der Waals surface area (Å²) in [5.74, 6) is -1.13. The molecule has 1 saturated heterocycles. The Morgan fingerprint density at radius 1 is 1.03 bits per heavy atom. The van der Waals surface area contributed by atoms with E-state index in [0.29, 0.717) is 23.5 Å². The highest BCUT2D eigenvalue weighted by atomic mass is 32.2. The van der Waals surface area contributed by atoms with Crippen molar-refractivity contribution in [3.63, 3.8) is 0 Å². The van der Waals surface area contributed by atoms with Crippen molar-refractivity contribution in [3.8, 4) is 34.5 Å². The first-order valence-electron chi connectivity index (χ1n) is 12.4. The van der Waals surface area contributed by atoms with Gasteiger partial charge in [-0.1, -0.05) is 29.8 Å². The molecule has 1 aliphatic rings. The molecule has 6 rings (SSSR count). The predicted octanol–water partition coefficient (Wildman–Crippen LogP) is 7.16. The number of carbonyl (C=O) groups is 1. The van der Waals surface area contributed by atoms with Crippen molar-refractivity contribution in [3.05, 3.63) is 94.2 Å². The Morgan fingerprint density at radius 3 is 2.54 bits per heavy atom. The van der Waals surface area contributed by atoms with Gasteiger partial charge in [-0.05, 0) is 72.8 Å². The summed E-state index contributed by atoms with van der Waals surface area (Å²) in [6.07, 6.45) is 0. The van der Waals surface area contributed by atoms with Gasteiger partial charge in [-0.2, -0.15) is 10.5 Å². The van der Waals surface area contributed by atoms with E-state index >= 15 is 0 Å². The number of aliphatic carboxylic acids is 1. The number of benzene rings is 3. The van der Waals surface area contributed by atoms with Crippen molar-refractivity contribution in [2.45, 2.75) is 11.8 Å². The van der Waals surface area contributed by atoms with E-state index < -0.39 is 5.97 Å². The molecule has 0 atom stereocenters. The van der Waals surface area contributed by atoms with Crippen LogP contribution in [0.1, 0.15) is 16.0 Å². The first-order chi connectivity index (χ1) is 19.0. The monoisotopic (exact) mass is 546 g/mol. The molecule has 3 heterocycles. The van der Waals surface area contributed by atoms with E-state index in [-0.39, 0.29) is 5.92 Å². The number of anilines is 1. The number of aromatic nitrogens is 1. The van der Waals surface area contributed by atoms with Gasteiger partial charge in [0.1, 0.15) is 10.9 Å². The summed E-state index contributed by atoms with van der Waals surface area (Å²) in [5.41, 5.74) is 7.25. The van der Waals surface area contributed by atoms with E-state index in [1.165, 1.54) is 16.9 Å². The molecular formula is C31H22N4O2S2. The molecule has 0 bridgehead atoms. The number of hydrogen-bond donors (Lipinski definition) is 1. The zero-order chi connectivity index (χ0) is 27.1. The number of carboxylic acid groups (broad SMARTS) is 1. The molecule has 0 spiro atoms. The number of nitrogens with zero attached hydrogens (tertiary/aromatic N) is 4. The molecule has 0 unspecified atom stereocenters. The molecule has 1 N–H and O–H groups in total. The molecule has 8 heteroatoms. The summed E-state index contributed by atoms with van der Waals surface area (Å²) in [4.78, 5) is 15.1. The number of rotatable bonds is 6. The number of aryl methyl sites for hydroxylation is 1. The van der Waals surface area contributed by atoms with Gasteiger partial charge >= 0.3 is 5.97 Å².